The van der Waals surface area contributed by atoms with Crippen LogP contribution in [-0.4, -0.2) is 53.5 Å². The van der Waals surface area contributed by atoms with Crippen LogP contribution in [0, 0.1) is 0 Å². The zero-order valence-electron chi connectivity index (χ0n) is 7.69. The fourth-order valence-electron chi connectivity index (χ4n) is 0.815. The molecule has 0 fully saturated rings. The average molecular weight is 206 g/mol. The first-order valence-electron chi connectivity index (χ1n) is 3.70. The summed E-state index contributed by atoms with van der Waals surface area (Å²) in [5, 5.41) is 8.40. The molecule has 0 saturated carbocycles. The van der Waals surface area contributed by atoms with Crippen LogP contribution in [0.2, 0.25) is 0 Å². The fraction of sp³-hybridized carbons (Fsp3) is 0.714. The molecular weight excluding hydrogens is 192 g/mol. The lowest BCUT2D eigenvalue weighted by atomic mass is 10.3. The molecule has 6 heteroatoms. The van der Waals surface area contributed by atoms with Crippen LogP contribution in [-0.2, 0) is 9.59 Å². The maximum Gasteiger partial charge on any atom is 0.323 e. The Kier molecular flexibility index (Phi) is 5.48. The average Bonchev–Trinajstić information content (AvgIpc) is 2.02. The Labute approximate surface area is 81.3 Å². The number of nitrogens with two attached hydrogens (primary N) is 1. The lowest BCUT2D eigenvalue weighted by Gasteiger charge is -2.18. The van der Waals surface area contributed by atoms with Gasteiger partial charge in [0.1, 0.15) is 6.54 Å². The van der Waals surface area contributed by atoms with Crippen molar-refractivity contribution in [2.75, 3.05) is 25.6 Å². The highest BCUT2D eigenvalue weighted by Gasteiger charge is 2.18. The molecule has 0 aromatic carbocycles. The number of likely N-dealkylation sites (N-methyl/N-ethyl adjacent to an activating group) is 1. The Balaban J connectivity index is 4.01. The summed E-state index contributed by atoms with van der Waals surface area (Å²) >= 11 is 1.45. The van der Waals surface area contributed by atoms with Gasteiger partial charge in [0.2, 0.25) is 5.91 Å². The van der Waals surface area contributed by atoms with Gasteiger partial charge in [-0.2, -0.15) is 11.8 Å². The number of carbonyl (C=O) groups is 2. The number of thioether (sulfide) groups is 1. The van der Waals surface area contributed by atoms with Crippen LogP contribution < -0.4 is 5.73 Å². The van der Waals surface area contributed by atoms with Crippen LogP contribution >= 0.6 is 11.8 Å². The number of carbonyl (C=O) groups excluding carboxylic acids is 1. The highest BCUT2D eigenvalue weighted by atomic mass is 32.2. The van der Waals surface area contributed by atoms with E-state index >= 15 is 0 Å². The van der Waals surface area contributed by atoms with Gasteiger partial charge in [-0.3, -0.25) is 9.59 Å². The molecule has 0 heterocycles. The van der Waals surface area contributed by atoms with Gasteiger partial charge in [-0.25, -0.2) is 0 Å². The number of carboxylic acids is 1. The van der Waals surface area contributed by atoms with Gasteiger partial charge in [-0.1, -0.05) is 0 Å². The van der Waals surface area contributed by atoms with Gasteiger partial charge in [-0.05, 0) is 6.26 Å². The van der Waals surface area contributed by atoms with Gasteiger partial charge in [-0.15, -0.1) is 0 Å². The molecule has 13 heavy (non-hydrogen) atoms. The predicted octanol–water partition coefficient (Wildman–Crippen LogP) is -0.780. The number of aliphatic carboxylic acids is 1. The van der Waals surface area contributed by atoms with E-state index in [1.165, 1.54) is 18.8 Å². The largest absolute Gasteiger partial charge is 0.480 e. The zero-order valence-corrected chi connectivity index (χ0v) is 8.50. The van der Waals surface area contributed by atoms with Crippen LogP contribution in [0.4, 0.5) is 0 Å². The normalized spacial score (nSPS) is 12.2. The summed E-state index contributed by atoms with van der Waals surface area (Å²) in [6.45, 7) is -0.305. The van der Waals surface area contributed by atoms with Crippen molar-refractivity contribution < 1.29 is 14.7 Å². The molecule has 0 bridgehead atoms. The monoisotopic (exact) mass is 206 g/mol. The minimum Gasteiger partial charge on any atom is -0.480 e. The number of nitrogens with zero attached hydrogens (tertiary/aromatic N) is 1. The zero-order chi connectivity index (χ0) is 10.4. The van der Waals surface area contributed by atoms with Crippen molar-refractivity contribution in [3.05, 3.63) is 0 Å². The van der Waals surface area contributed by atoms with Gasteiger partial charge in [0.25, 0.3) is 0 Å². The van der Waals surface area contributed by atoms with E-state index in [1.54, 1.807) is 0 Å². The third-order valence-corrected chi connectivity index (χ3v) is 2.10. The van der Waals surface area contributed by atoms with Crippen molar-refractivity contribution in [1.82, 2.24) is 4.90 Å². The molecule has 0 saturated heterocycles. The fourth-order valence-corrected chi connectivity index (χ4v) is 1.32. The quantitative estimate of drug-likeness (QED) is 0.616. The molecule has 3 N–H and O–H groups in total. The lowest BCUT2D eigenvalue weighted by molar-refractivity contribution is -0.143. The Hall–Kier alpha value is -0.750. The van der Waals surface area contributed by atoms with Crippen LogP contribution in [0.3, 0.4) is 0 Å². The number of hydrogen-bond acceptors (Lipinski definition) is 4. The topological polar surface area (TPSA) is 83.6 Å². The number of amides is 1. The molecule has 76 valence electrons. The van der Waals surface area contributed by atoms with E-state index in [0.717, 1.165) is 4.90 Å². The van der Waals surface area contributed by atoms with E-state index in [1.807, 2.05) is 6.26 Å². The highest BCUT2D eigenvalue weighted by molar-refractivity contribution is 7.98. The molecule has 0 aliphatic carbocycles. The van der Waals surface area contributed by atoms with Crippen molar-refractivity contribution in [3.8, 4) is 0 Å². The van der Waals surface area contributed by atoms with Crippen molar-refractivity contribution in [1.29, 1.82) is 0 Å². The van der Waals surface area contributed by atoms with Crippen molar-refractivity contribution in [2.45, 2.75) is 6.04 Å². The number of carboxylic acid groups (broad SMARTS) is 1. The van der Waals surface area contributed by atoms with E-state index in [9.17, 15) is 9.59 Å². The first kappa shape index (κ1) is 12.2. The highest BCUT2D eigenvalue weighted by Crippen LogP contribution is 1.98. The van der Waals surface area contributed by atoms with Gasteiger partial charge in [0.05, 0.1) is 6.04 Å². The summed E-state index contributed by atoms with van der Waals surface area (Å²) in [4.78, 5) is 22.7. The summed E-state index contributed by atoms with van der Waals surface area (Å²) in [7, 11) is 1.43. The standard InChI is InChI=1S/C7H14N2O3S/c1-9(3-6(10)11)7(12)5(8)4-13-2/h5H,3-4,8H2,1-2H3,(H,10,11). The second-order valence-electron chi connectivity index (χ2n) is 2.65. The SMILES string of the molecule is CSCC(N)C(=O)N(C)CC(=O)O. The first-order chi connectivity index (χ1) is 5.99. The van der Waals surface area contributed by atoms with Crippen molar-refractivity contribution in [2.24, 2.45) is 5.73 Å². The summed E-state index contributed by atoms with van der Waals surface area (Å²) in [6.07, 6.45) is 1.84. The molecule has 1 atom stereocenters. The second-order valence-corrected chi connectivity index (χ2v) is 3.56. The smallest absolute Gasteiger partial charge is 0.323 e. The summed E-state index contributed by atoms with van der Waals surface area (Å²) in [5.41, 5.74) is 5.50. The minimum absolute atomic E-state index is 0.305. The summed E-state index contributed by atoms with van der Waals surface area (Å²) < 4.78 is 0. The van der Waals surface area contributed by atoms with Gasteiger partial charge in [0.15, 0.2) is 0 Å². The molecule has 0 aliphatic rings. The van der Waals surface area contributed by atoms with E-state index < -0.39 is 12.0 Å². The molecule has 5 nitrogen and oxygen atoms in total. The molecule has 0 aliphatic heterocycles. The third-order valence-electron chi connectivity index (χ3n) is 1.41. The molecule has 0 aromatic rings. The van der Waals surface area contributed by atoms with Crippen molar-refractivity contribution >= 4 is 23.6 Å². The van der Waals surface area contributed by atoms with Crippen LogP contribution in [0.1, 0.15) is 0 Å². The maximum atomic E-state index is 11.3. The second kappa shape index (κ2) is 5.82. The maximum absolute atomic E-state index is 11.3. The molecule has 0 aromatic heterocycles. The van der Waals surface area contributed by atoms with Gasteiger partial charge >= 0.3 is 5.97 Å². The molecular formula is C7H14N2O3S. The number of rotatable bonds is 5. The Bertz CT molecular complexity index is 198. The summed E-state index contributed by atoms with van der Waals surface area (Å²) in [6, 6.07) is -0.612. The van der Waals surface area contributed by atoms with E-state index in [-0.39, 0.29) is 12.5 Å². The first-order valence-corrected chi connectivity index (χ1v) is 5.09. The Morgan fingerprint density at radius 3 is 2.54 bits per heavy atom. The van der Waals surface area contributed by atoms with Crippen LogP contribution in [0.5, 0.6) is 0 Å². The van der Waals surface area contributed by atoms with Gasteiger partial charge < -0.3 is 15.7 Å². The Morgan fingerprint density at radius 1 is 1.62 bits per heavy atom. The predicted molar refractivity (Wildman–Crippen MR) is 51.6 cm³/mol. The summed E-state index contributed by atoms with van der Waals surface area (Å²) in [5.74, 6) is -0.869. The van der Waals surface area contributed by atoms with Gasteiger partial charge in [0, 0.05) is 12.8 Å². The molecule has 0 rings (SSSR count). The van der Waals surface area contributed by atoms with Crippen LogP contribution in [0.15, 0.2) is 0 Å². The lowest BCUT2D eigenvalue weighted by Crippen LogP contribution is -2.45. The van der Waals surface area contributed by atoms with Crippen LogP contribution in [0.25, 0.3) is 0 Å². The molecule has 1 amide bonds. The van der Waals surface area contributed by atoms with Crippen molar-refractivity contribution in [3.63, 3.8) is 0 Å². The van der Waals surface area contributed by atoms with E-state index in [0.29, 0.717) is 5.75 Å². The molecule has 0 radical (unpaired) electrons. The Morgan fingerprint density at radius 2 is 2.15 bits per heavy atom. The van der Waals surface area contributed by atoms with E-state index in [2.05, 4.69) is 0 Å². The molecule has 0 spiro atoms. The third kappa shape index (κ3) is 4.74. The van der Waals surface area contributed by atoms with E-state index in [4.69, 9.17) is 10.8 Å². The minimum atomic E-state index is -1.03. The number of hydrogen-bond donors (Lipinski definition) is 2. The molecule has 1 unspecified atom stereocenters.